The molecule has 5 rings (SSSR count). The fourth-order valence-electron chi connectivity index (χ4n) is 4.09. The summed E-state index contributed by atoms with van der Waals surface area (Å²) in [6.45, 7) is 2.75. The molecule has 2 aromatic heterocycles. The van der Waals surface area contributed by atoms with Crippen molar-refractivity contribution in [2.24, 2.45) is 0 Å². The minimum absolute atomic E-state index is 0.254. The highest BCUT2D eigenvalue weighted by Gasteiger charge is 2.22. The molecule has 0 aliphatic carbocycles. The van der Waals surface area contributed by atoms with Gasteiger partial charge in [0.15, 0.2) is 0 Å². The number of nitrogens with zero attached hydrogens (tertiary/aromatic N) is 4. The van der Waals surface area contributed by atoms with Gasteiger partial charge in [-0.05, 0) is 57.9 Å². The van der Waals surface area contributed by atoms with Gasteiger partial charge in [0.1, 0.15) is 12.1 Å². The predicted molar refractivity (Wildman–Crippen MR) is 125 cm³/mol. The van der Waals surface area contributed by atoms with E-state index < -0.39 is 5.82 Å². The van der Waals surface area contributed by atoms with Crippen LogP contribution in [0.3, 0.4) is 0 Å². The Morgan fingerprint density at radius 2 is 1.84 bits per heavy atom. The third-order valence-corrected chi connectivity index (χ3v) is 6.28. The molecule has 0 bridgehead atoms. The first-order valence-corrected chi connectivity index (χ1v) is 11.1. The van der Waals surface area contributed by atoms with E-state index in [9.17, 15) is 5.11 Å². The molecule has 0 radical (unpaired) electrons. The second-order valence-electron chi connectivity index (χ2n) is 7.47. The summed E-state index contributed by atoms with van der Waals surface area (Å²) in [5, 5.41) is 10.7. The van der Waals surface area contributed by atoms with E-state index in [2.05, 4.69) is 35.8 Å². The zero-order valence-electron chi connectivity index (χ0n) is 17.1. The van der Waals surface area contributed by atoms with Crippen molar-refractivity contribution in [3.05, 3.63) is 70.8 Å². The standard InChI is InChI=1S/C24H20BrFN4O2/c25-18-2-1-7-27-24(18)21-15(13-31)3-6-19(26)22(21)23-17-5-4-16(12-20(17)28-14-29-23)30-8-10-32-11-9-30/h1-7,12,14,31H,8-11,13H2. The van der Waals surface area contributed by atoms with Crippen molar-refractivity contribution in [3.63, 3.8) is 0 Å². The number of aromatic nitrogens is 3. The van der Waals surface area contributed by atoms with Crippen LogP contribution >= 0.6 is 15.9 Å². The zero-order chi connectivity index (χ0) is 22.1. The molecule has 32 heavy (non-hydrogen) atoms. The van der Waals surface area contributed by atoms with Gasteiger partial charge in [-0.1, -0.05) is 6.07 Å². The molecule has 1 aliphatic rings. The van der Waals surface area contributed by atoms with Crippen molar-refractivity contribution >= 4 is 32.5 Å². The Morgan fingerprint density at radius 3 is 2.62 bits per heavy atom. The van der Waals surface area contributed by atoms with Gasteiger partial charge >= 0.3 is 0 Å². The largest absolute Gasteiger partial charge is 0.392 e. The number of hydrogen-bond donors (Lipinski definition) is 1. The van der Waals surface area contributed by atoms with Gasteiger partial charge in [-0.3, -0.25) is 4.98 Å². The molecule has 2 aromatic carbocycles. The Balaban J connectivity index is 1.73. The van der Waals surface area contributed by atoms with Gasteiger partial charge in [-0.2, -0.15) is 0 Å². The molecule has 1 aliphatic heterocycles. The van der Waals surface area contributed by atoms with Crippen LogP contribution in [0.25, 0.3) is 33.4 Å². The molecule has 1 N–H and O–H groups in total. The molecular formula is C24H20BrFN4O2. The number of hydrogen-bond acceptors (Lipinski definition) is 6. The van der Waals surface area contributed by atoms with Gasteiger partial charge in [-0.25, -0.2) is 14.4 Å². The number of morpholine rings is 1. The summed E-state index contributed by atoms with van der Waals surface area (Å²) in [4.78, 5) is 15.6. The molecule has 1 fully saturated rings. The van der Waals surface area contributed by atoms with Crippen LogP contribution in [-0.2, 0) is 11.3 Å². The maximum Gasteiger partial charge on any atom is 0.133 e. The van der Waals surface area contributed by atoms with Gasteiger partial charge in [0.2, 0.25) is 0 Å². The lowest BCUT2D eigenvalue weighted by Gasteiger charge is -2.29. The normalized spacial score (nSPS) is 14.2. The van der Waals surface area contributed by atoms with E-state index in [1.807, 2.05) is 24.3 Å². The van der Waals surface area contributed by atoms with E-state index in [4.69, 9.17) is 4.74 Å². The SMILES string of the molecule is OCc1ccc(F)c(-c2ncnc3cc(N4CCOCC4)ccc23)c1-c1ncccc1Br. The molecule has 0 spiro atoms. The van der Waals surface area contributed by atoms with Crippen LogP contribution in [0.1, 0.15) is 5.56 Å². The fourth-order valence-corrected chi connectivity index (χ4v) is 4.54. The number of fused-ring (bicyclic) bond motifs is 1. The first kappa shape index (κ1) is 20.9. The van der Waals surface area contributed by atoms with Gasteiger partial charge in [0, 0.05) is 46.0 Å². The average Bonchev–Trinajstić information content (AvgIpc) is 2.84. The van der Waals surface area contributed by atoms with Gasteiger partial charge in [0.25, 0.3) is 0 Å². The minimum atomic E-state index is -0.438. The van der Waals surface area contributed by atoms with Gasteiger partial charge < -0.3 is 14.7 Å². The third kappa shape index (κ3) is 3.74. The van der Waals surface area contributed by atoms with Crippen LogP contribution in [0.15, 0.2) is 59.5 Å². The number of benzene rings is 2. The summed E-state index contributed by atoms with van der Waals surface area (Å²) >= 11 is 3.52. The fraction of sp³-hybridized carbons (Fsp3) is 0.208. The number of aliphatic hydroxyl groups excluding tert-OH is 1. The summed E-state index contributed by atoms with van der Waals surface area (Å²) < 4.78 is 21.5. The predicted octanol–water partition coefficient (Wildman–Crippen LogP) is 4.59. The van der Waals surface area contributed by atoms with Crippen LogP contribution in [0, 0.1) is 5.82 Å². The maximum atomic E-state index is 15.4. The van der Waals surface area contributed by atoms with E-state index in [0.717, 1.165) is 29.7 Å². The number of rotatable bonds is 4. The van der Waals surface area contributed by atoms with E-state index >= 15 is 4.39 Å². The van der Waals surface area contributed by atoms with Crippen molar-refractivity contribution in [1.82, 2.24) is 15.0 Å². The third-order valence-electron chi connectivity index (χ3n) is 5.64. The monoisotopic (exact) mass is 494 g/mol. The van der Waals surface area contributed by atoms with Crippen molar-refractivity contribution in [2.45, 2.75) is 6.61 Å². The summed E-state index contributed by atoms with van der Waals surface area (Å²) in [5.74, 6) is -0.438. The smallest absolute Gasteiger partial charge is 0.133 e. The zero-order valence-corrected chi connectivity index (χ0v) is 18.7. The van der Waals surface area contributed by atoms with E-state index in [1.54, 1.807) is 18.3 Å². The van der Waals surface area contributed by atoms with Crippen LogP contribution in [-0.4, -0.2) is 46.4 Å². The number of halogens is 2. The quantitative estimate of drug-likeness (QED) is 0.447. The number of aliphatic hydroxyl groups is 1. The molecule has 0 saturated carbocycles. The maximum absolute atomic E-state index is 15.4. The van der Waals surface area contributed by atoms with Crippen LogP contribution in [0.5, 0.6) is 0 Å². The molecule has 0 atom stereocenters. The van der Waals surface area contributed by atoms with Crippen molar-refractivity contribution < 1.29 is 14.2 Å². The first-order chi connectivity index (χ1) is 15.7. The summed E-state index contributed by atoms with van der Waals surface area (Å²) in [6.07, 6.45) is 3.09. The molecule has 6 nitrogen and oxygen atoms in total. The van der Waals surface area contributed by atoms with Gasteiger partial charge in [0.05, 0.1) is 36.7 Å². The molecule has 0 unspecified atom stereocenters. The molecule has 8 heteroatoms. The van der Waals surface area contributed by atoms with Crippen LogP contribution < -0.4 is 4.90 Å². The highest BCUT2D eigenvalue weighted by Crippen LogP contribution is 2.40. The Bertz CT molecular complexity index is 1290. The lowest BCUT2D eigenvalue weighted by Crippen LogP contribution is -2.36. The second-order valence-corrected chi connectivity index (χ2v) is 8.33. The molecule has 1 saturated heterocycles. The second kappa shape index (κ2) is 8.90. The average molecular weight is 495 g/mol. The molecule has 162 valence electrons. The Kier molecular flexibility index (Phi) is 5.82. The van der Waals surface area contributed by atoms with E-state index in [-0.39, 0.29) is 6.61 Å². The summed E-state index contributed by atoms with van der Waals surface area (Å²) in [6, 6.07) is 12.5. The minimum Gasteiger partial charge on any atom is -0.392 e. The molecule has 4 aromatic rings. The van der Waals surface area contributed by atoms with Crippen molar-refractivity contribution in [1.29, 1.82) is 0 Å². The van der Waals surface area contributed by atoms with Crippen LogP contribution in [0.4, 0.5) is 10.1 Å². The molecular weight excluding hydrogens is 475 g/mol. The van der Waals surface area contributed by atoms with E-state index in [0.29, 0.717) is 45.8 Å². The Morgan fingerprint density at radius 1 is 1.00 bits per heavy atom. The number of ether oxygens (including phenoxy) is 1. The lowest BCUT2D eigenvalue weighted by atomic mass is 9.93. The van der Waals surface area contributed by atoms with Crippen LogP contribution in [0.2, 0.25) is 0 Å². The molecule has 0 amide bonds. The molecule has 3 heterocycles. The van der Waals surface area contributed by atoms with Crippen molar-refractivity contribution in [2.75, 3.05) is 31.2 Å². The highest BCUT2D eigenvalue weighted by molar-refractivity contribution is 9.10. The first-order valence-electron chi connectivity index (χ1n) is 10.3. The van der Waals surface area contributed by atoms with Crippen molar-refractivity contribution in [3.8, 4) is 22.5 Å². The van der Waals surface area contributed by atoms with E-state index in [1.165, 1.54) is 12.4 Å². The van der Waals surface area contributed by atoms with Gasteiger partial charge in [-0.15, -0.1) is 0 Å². The number of anilines is 1. The number of pyridine rings is 1. The topological polar surface area (TPSA) is 71.4 Å². The summed E-state index contributed by atoms with van der Waals surface area (Å²) in [5.41, 5.74) is 4.14. The highest BCUT2D eigenvalue weighted by atomic mass is 79.9. The Hall–Kier alpha value is -2.94. The Labute approximate surface area is 192 Å². The lowest BCUT2D eigenvalue weighted by molar-refractivity contribution is 0.122. The summed E-state index contributed by atoms with van der Waals surface area (Å²) in [7, 11) is 0.